The Bertz CT molecular complexity index is 1070. The summed E-state index contributed by atoms with van der Waals surface area (Å²) in [7, 11) is -2.68. The quantitative estimate of drug-likeness (QED) is 0.461. The molecule has 0 aliphatic carbocycles. The number of hydrogen-bond donors (Lipinski definition) is 0. The first kappa shape index (κ1) is 18.9. The van der Waals surface area contributed by atoms with Gasteiger partial charge in [0.15, 0.2) is 5.75 Å². The SMILES string of the molecule is COc1cc(/C=N\n2cnnc2)cc(Cl)c1OS(=O)(=O)c1ccc(C)cc1. The molecule has 27 heavy (non-hydrogen) atoms. The average molecular weight is 407 g/mol. The largest absolute Gasteiger partial charge is 0.493 e. The van der Waals surface area contributed by atoms with Gasteiger partial charge in [-0.05, 0) is 36.8 Å². The predicted molar refractivity (Wildman–Crippen MR) is 100 cm³/mol. The fraction of sp³-hybridized carbons (Fsp3) is 0.118. The van der Waals surface area contributed by atoms with E-state index in [1.54, 1.807) is 18.2 Å². The Morgan fingerprint density at radius 2 is 1.81 bits per heavy atom. The minimum atomic E-state index is -4.06. The van der Waals surface area contributed by atoms with Crippen molar-refractivity contribution in [1.29, 1.82) is 0 Å². The molecule has 3 rings (SSSR count). The number of nitrogens with zero attached hydrogens (tertiary/aromatic N) is 4. The van der Waals surface area contributed by atoms with Gasteiger partial charge in [-0.25, -0.2) is 4.68 Å². The van der Waals surface area contributed by atoms with Crippen molar-refractivity contribution in [2.75, 3.05) is 7.11 Å². The van der Waals surface area contributed by atoms with Gasteiger partial charge in [-0.15, -0.1) is 10.2 Å². The predicted octanol–water partition coefficient (Wildman–Crippen LogP) is 2.90. The van der Waals surface area contributed by atoms with E-state index in [1.807, 2.05) is 6.92 Å². The summed E-state index contributed by atoms with van der Waals surface area (Å²) in [5.74, 6) is 0.0598. The van der Waals surface area contributed by atoms with Gasteiger partial charge in [0.1, 0.15) is 17.6 Å². The van der Waals surface area contributed by atoms with Gasteiger partial charge in [0.2, 0.25) is 5.75 Å². The van der Waals surface area contributed by atoms with Crippen molar-refractivity contribution in [1.82, 2.24) is 14.9 Å². The molecule has 1 aromatic heterocycles. The van der Waals surface area contributed by atoms with Crippen molar-refractivity contribution in [3.8, 4) is 11.5 Å². The maximum absolute atomic E-state index is 12.5. The van der Waals surface area contributed by atoms with Crippen molar-refractivity contribution in [2.24, 2.45) is 5.10 Å². The first-order valence-corrected chi connectivity index (χ1v) is 9.45. The van der Waals surface area contributed by atoms with Crippen LogP contribution in [0.1, 0.15) is 11.1 Å². The molecular formula is C17H15ClN4O4S. The van der Waals surface area contributed by atoms with Crippen molar-refractivity contribution in [3.63, 3.8) is 0 Å². The number of hydrogen-bond acceptors (Lipinski definition) is 7. The molecule has 0 N–H and O–H groups in total. The average Bonchev–Trinajstić information content (AvgIpc) is 3.15. The summed E-state index contributed by atoms with van der Waals surface area (Å²) in [4.78, 5) is 0.0180. The number of ether oxygens (including phenoxy) is 1. The maximum atomic E-state index is 12.5. The molecule has 0 atom stereocenters. The Morgan fingerprint density at radius 1 is 1.15 bits per heavy atom. The molecule has 1 heterocycles. The third-order valence-electron chi connectivity index (χ3n) is 3.50. The molecule has 0 spiro atoms. The number of aryl methyl sites for hydroxylation is 1. The van der Waals surface area contributed by atoms with Crippen molar-refractivity contribution < 1.29 is 17.3 Å². The van der Waals surface area contributed by atoms with Crippen LogP contribution in [-0.2, 0) is 10.1 Å². The lowest BCUT2D eigenvalue weighted by molar-refractivity contribution is 0.390. The normalized spacial score (nSPS) is 11.7. The van der Waals surface area contributed by atoms with Gasteiger partial charge in [0.25, 0.3) is 0 Å². The van der Waals surface area contributed by atoms with Crippen LogP contribution in [0, 0.1) is 6.92 Å². The summed E-state index contributed by atoms with van der Waals surface area (Å²) in [5, 5.41) is 11.4. The second kappa shape index (κ2) is 7.77. The highest BCUT2D eigenvalue weighted by Gasteiger charge is 2.22. The van der Waals surface area contributed by atoms with E-state index in [-0.39, 0.29) is 21.4 Å². The van der Waals surface area contributed by atoms with Gasteiger partial charge in [0, 0.05) is 0 Å². The molecule has 10 heteroatoms. The van der Waals surface area contributed by atoms with Gasteiger partial charge < -0.3 is 8.92 Å². The van der Waals surface area contributed by atoms with E-state index in [4.69, 9.17) is 20.5 Å². The van der Waals surface area contributed by atoms with Crippen LogP contribution in [0.15, 0.2) is 59.0 Å². The fourth-order valence-electron chi connectivity index (χ4n) is 2.15. The molecular weight excluding hydrogens is 392 g/mol. The Kier molecular flexibility index (Phi) is 5.43. The first-order valence-electron chi connectivity index (χ1n) is 7.67. The highest BCUT2D eigenvalue weighted by molar-refractivity contribution is 7.87. The highest BCUT2D eigenvalue weighted by Crippen LogP contribution is 2.38. The summed E-state index contributed by atoms with van der Waals surface area (Å²) in [6, 6.07) is 9.35. The van der Waals surface area contributed by atoms with Crippen LogP contribution in [0.25, 0.3) is 0 Å². The lowest BCUT2D eigenvalue weighted by Crippen LogP contribution is -2.11. The number of halogens is 1. The molecule has 0 radical (unpaired) electrons. The summed E-state index contributed by atoms with van der Waals surface area (Å²) in [6.07, 6.45) is 4.33. The van der Waals surface area contributed by atoms with E-state index in [9.17, 15) is 8.42 Å². The van der Waals surface area contributed by atoms with Crippen LogP contribution in [-0.4, -0.2) is 36.6 Å². The fourth-order valence-corrected chi connectivity index (χ4v) is 3.41. The zero-order valence-corrected chi connectivity index (χ0v) is 16.0. The minimum Gasteiger partial charge on any atom is -0.493 e. The van der Waals surface area contributed by atoms with E-state index >= 15 is 0 Å². The van der Waals surface area contributed by atoms with E-state index in [1.165, 1.54) is 48.9 Å². The third kappa shape index (κ3) is 4.44. The zero-order valence-electron chi connectivity index (χ0n) is 14.4. The van der Waals surface area contributed by atoms with Crippen LogP contribution in [0.2, 0.25) is 5.02 Å². The van der Waals surface area contributed by atoms with Gasteiger partial charge in [0.05, 0.1) is 18.3 Å². The standard InChI is InChI=1S/C17H15ClN4O4S/c1-12-3-5-14(6-4-12)27(23,24)26-17-15(18)7-13(8-16(17)25-2)9-21-22-10-19-20-11-22/h3-11H,1-2H3/b21-9-. The molecule has 0 aliphatic heterocycles. The second-order valence-electron chi connectivity index (χ2n) is 5.47. The lowest BCUT2D eigenvalue weighted by Gasteiger charge is -2.13. The molecule has 0 saturated carbocycles. The highest BCUT2D eigenvalue weighted by atomic mass is 35.5. The molecule has 0 aliphatic rings. The van der Waals surface area contributed by atoms with E-state index in [0.717, 1.165) is 5.56 Å². The van der Waals surface area contributed by atoms with E-state index < -0.39 is 10.1 Å². The van der Waals surface area contributed by atoms with Crippen molar-refractivity contribution >= 4 is 27.9 Å². The van der Waals surface area contributed by atoms with Crippen LogP contribution >= 0.6 is 11.6 Å². The summed E-state index contributed by atoms with van der Waals surface area (Å²) in [5.41, 5.74) is 1.51. The summed E-state index contributed by atoms with van der Waals surface area (Å²) < 4.78 is 36.9. The number of rotatable bonds is 6. The molecule has 0 saturated heterocycles. The van der Waals surface area contributed by atoms with Crippen LogP contribution in [0.4, 0.5) is 0 Å². The summed E-state index contributed by atoms with van der Waals surface area (Å²) in [6.45, 7) is 1.86. The maximum Gasteiger partial charge on any atom is 0.339 e. The van der Waals surface area contributed by atoms with Crippen LogP contribution in [0.5, 0.6) is 11.5 Å². The number of methoxy groups -OCH3 is 1. The van der Waals surface area contributed by atoms with E-state index in [0.29, 0.717) is 5.56 Å². The molecule has 0 unspecified atom stereocenters. The van der Waals surface area contributed by atoms with Crippen molar-refractivity contribution in [2.45, 2.75) is 11.8 Å². The minimum absolute atomic E-state index is 0.0180. The molecule has 0 bridgehead atoms. The molecule has 8 nitrogen and oxygen atoms in total. The number of aromatic nitrogens is 3. The zero-order chi connectivity index (χ0) is 19.4. The van der Waals surface area contributed by atoms with Crippen LogP contribution < -0.4 is 8.92 Å². The third-order valence-corrected chi connectivity index (χ3v) is 5.02. The Labute approximate surface area is 161 Å². The topological polar surface area (TPSA) is 95.7 Å². The lowest BCUT2D eigenvalue weighted by atomic mass is 10.2. The van der Waals surface area contributed by atoms with Gasteiger partial charge >= 0.3 is 10.1 Å². The van der Waals surface area contributed by atoms with Gasteiger partial charge in [-0.3, -0.25) is 0 Å². The second-order valence-corrected chi connectivity index (χ2v) is 7.42. The smallest absolute Gasteiger partial charge is 0.339 e. The van der Waals surface area contributed by atoms with Crippen molar-refractivity contribution in [3.05, 3.63) is 65.2 Å². The Morgan fingerprint density at radius 3 is 2.44 bits per heavy atom. The number of benzene rings is 2. The van der Waals surface area contributed by atoms with Crippen LogP contribution in [0.3, 0.4) is 0 Å². The monoisotopic (exact) mass is 406 g/mol. The Balaban J connectivity index is 1.92. The first-order chi connectivity index (χ1) is 12.9. The molecule has 2 aromatic carbocycles. The molecule has 0 fully saturated rings. The molecule has 3 aromatic rings. The Hall–Kier alpha value is -2.91. The molecule has 0 amide bonds. The van der Waals surface area contributed by atoms with E-state index in [2.05, 4.69) is 15.3 Å². The summed E-state index contributed by atoms with van der Waals surface area (Å²) >= 11 is 6.23. The van der Waals surface area contributed by atoms with Gasteiger partial charge in [-0.1, -0.05) is 29.3 Å². The van der Waals surface area contributed by atoms with Gasteiger partial charge in [-0.2, -0.15) is 13.5 Å². The molecule has 140 valence electrons.